The number of nitrogens with one attached hydrogen (secondary N) is 1. The van der Waals surface area contributed by atoms with E-state index >= 15 is 0 Å². The fraction of sp³-hybridized carbons (Fsp3) is 0.562. The summed E-state index contributed by atoms with van der Waals surface area (Å²) in [5.74, 6) is 0.617. The number of esters is 1. The quantitative estimate of drug-likeness (QED) is 0.677. The van der Waals surface area contributed by atoms with Crippen LogP contribution in [0.4, 0.5) is 5.69 Å². The number of rotatable bonds is 4. The van der Waals surface area contributed by atoms with Crippen LogP contribution in [0.1, 0.15) is 38.5 Å². The van der Waals surface area contributed by atoms with Crippen LogP contribution in [-0.4, -0.2) is 25.7 Å². The molecule has 0 unspecified atom stereocenters. The molecule has 0 aromatic heterocycles. The van der Waals surface area contributed by atoms with Gasteiger partial charge in [0, 0.05) is 11.8 Å². The second kappa shape index (κ2) is 6.64. The Hall–Kier alpha value is -1.71. The summed E-state index contributed by atoms with van der Waals surface area (Å²) in [6, 6.07) is 7.68. The molecule has 1 saturated carbocycles. The highest BCUT2D eigenvalue weighted by atomic mass is 16.5. The van der Waals surface area contributed by atoms with Gasteiger partial charge in [0.05, 0.1) is 14.2 Å². The molecule has 4 nitrogen and oxygen atoms in total. The van der Waals surface area contributed by atoms with Gasteiger partial charge in [0.25, 0.3) is 0 Å². The molecule has 0 radical (unpaired) electrons. The first kappa shape index (κ1) is 14.7. The van der Waals surface area contributed by atoms with Crippen LogP contribution in [0.15, 0.2) is 24.3 Å². The topological polar surface area (TPSA) is 47.6 Å². The molecule has 2 rings (SSSR count). The molecule has 0 atom stereocenters. The van der Waals surface area contributed by atoms with E-state index in [0.29, 0.717) is 0 Å². The van der Waals surface area contributed by atoms with Crippen LogP contribution in [0.3, 0.4) is 0 Å². The summed E-state index contributed by atoms with van der Waals surface area (Å²) in [6.45, 7) is 0. The van der Waals surface area contributed by atoms with Crippen LogP contribution in [0.2, 0.25) is 0 Å². The summed E-state index contributed by atoms with van der Waals surface area (Å²) >= 11 is 0. The molecular weight excluding hydrogens is 254 g/mol. The van der Waals surface area contributed by atoms with Gasteiger partial charge in [0.1, 0.15) is 11.3 Å². The number of benzene rings is 1. The Morgan fingerprint density at radius 2 is 1.85 bits per heavy atom. The fourth-order valence-corrected chi connectivity index (χ4v) is 2.88. The van der Waals surface area contributed by atoms with Crippen molar-refractivity contribution in [2.45, 2.75) is 44.1 Å². The molecule has 0 aliphatic heterocycles. The average Bonchev–Trinajstić information content (AvgIpc) is 2.73. The third-order valence-corrected chi connectivity index (χ3v) is 3.99. The van der Waals surface area contributed by atoms with Crippen molar-refractivity contribution in [3.63, 3.8) is 0 Å². The Morgan fingerprint density at radius 1 is 1.15 bits per heavy atom. The van der Waals surface area contributed by atoms with Crippen molar-refractivity contribution in [3.8, 4) is 5.75 Å². The minimum absolute atomic E-state index is 0.165. The van der Waals surface area contributed by atoms with Crippen molar-refractivity contribution in [1.82, 2.24) is 0 Å². The van der Waals surface area contributed by atoms with Crippen molar-refractivity contribution in [3.05, 3.63) is 24.3 Å². The highest BCUT2D eigenvalue weighted by molar-refractivity contribution is 5.84. The fourth-order valence-electron chi connectivity index (χ4n) is 2.88. The number of carbonyl (C=O) groups excluding carboxylic acids is 1. The maximum absolute atomic E-state index is 12.3. The van der Waals surface area contributed by atoms with Crippen LogP contribution >= 0.6 is 0 Å². The van der Waals surface area contributed by atoms with E-state index in [1.165, 1.54) is 20.0 Å². The zero-order valence-electron chi connectivity index (χ0n) is 12.3. The largest absolute Gasteiger partial charge is 0.497 e. The SMILES string of the molecule is COC(=O)C1(Nc2cccc(OC)c2)CCCCCC1. The molecule has 20 heavy (non-hydrogen) atoms. The number of hydrogen-bond acceptors (Lipinski definition) is 4. The number of hydrogen-bond donors (Lipinski definition) is 1. The van der Waals surface area contributed by atoms with E-state index in [0.717, 1.165) is 37.1 Å². The van der Waals surface area contributed by atoms with Crippen molar-refractivity contribution >= 4 is 11.7 Å². The van der Waals surface area contributed by atoms with Gasteiger partial charge < -0.3 is 14.8 Å². The first-order chi connectivity index (χ1) is 9.70. The molecule has 0 heterocycles. The highest BCUT2D eigenvalue weighted by Gasteiger charge is 2.39. The molecule has 4 heteroatoms. The Bertz CT molecular complexity index is 451. The first-order valence-electron chi connectivity index (χ1n) is 7.21. The molecule has 1 aliphatic carbocycles. The van der Waals surface area contributed by atoms with E-state index in [4.69, 9.17) is 9.47 Å². The highest BCUT2D eigenvalue weighted by Crippen LogP contribution is 2.32. The van der Waals surface area contributed by atoms with Crippen molar-refractivity contribution in [1.29, 1.82) is 0 Å². The van der Waals surface area contributed by atoms with Gasteiger partial charge in [-0.2, -0.15) is 0 Å². The van der Waals surface area contributed by atoms with Crippen molar-refractivity contribution in [2.75, 3.05) is 19.5 Å². The summed E-state index contributed by atoms with van der Waals surface area (Å²) in [5.41, 5.74) is 0.300. The molecule has 1 fully saturated rings. The van der Waals surface area contributed by atoms with Gasteiger partial charge in [0.15, 0.2) is 0 Å². The zero-order chi connectivity index (χ0) is 14.4. The zero-order valence-corrected chi connectivity index (χ0v) is 12.3. The van der Waals surface area contributed by atoms with Gasteiger partial charge >= 0.3 is 5.97 Å². The van der Waals surface area contributed by atoms with Crippen LogP contribution in [0.5, 0.6) is 5.75 Å². The summed E-state index contributed by atoms with van der Waals surface area (Å²) in [6.07, 6.45) is 6.09. The lowest BCUT2D eigenvalue weighted by atomic mass is 9.89. The molecule has 1 N–H and O–H groups in total. The van der Waals surface area contributed by atoms with E-state index in [-0.39, 0.29) is 5.97 Å². The lowest BCUT2D eigenvalue weighted by Gasteiger charge is -2.32. The molecule has 1 aromatic carbocycles. The first-order valence-corrected chi connectivity index (χ1v) is 7.21. The average molecular weight is 277 g/mol. The van der Waals surface area contributed by atoms with Crippen molar-refractivity contribution in [2.24, 2.45) is 0 Å². The molecule has 0 bridgehead atoms. The lowest BCUT2D eigenvalue weighted by molar-refractivity contribution is -0.146. The molecule has 110 valence electrons. The predicted octanol–water partition coefficient (Wildman–Crippen LogP) is 3.37. The number of ether oxygens (including phenoxy) is 2. The van der Waals surface area contributed by atoms with Crippen LogP contribution in [-0.2, 0) is 9.53 Å². The van der Waals surface area contributed by atoms with Crippen LogP contribution < -0.4 is 10.1 Å². The molecule has 0 spiro atoms. The van der Waals surface area contributed by atoms with Crippen LogP contribution in [0.25, 0.3) is 0 Å². The molecule has 0 saturated heterocycles. The Morgan fingerprint density at radius 3 is 2.45 bits per heavy atom. The van der Waals surface area contributed by atoms with E-state index in [1.807, 2.05) is 24.3 Å². The molecular formula is C16H23NO3. The summed E-state index contributed by atoms with van der Waals surface area (Å²) in [7, 11) is 3.10. The minimum atomic E-state index is -0.600. The smallest absolute Gasteiger partial charge is 0.331 e. The van der Waals surface area contributed by atoms with Gasteiger partial charge in [0.2, 0.25) is 0 Å². The summed E-state index contributed by atoms with van der Waals surface area (Å²) in [5, 5.41) is 3.41. The van der Waals surface area contributed by atoms with Gasteiger partial charge in [-0.1, -0.05) is 31.7 Å². The predicted molar refractivity (Wildman–Crippen MR) is 79.1 cm³/mol. The Kier molecular flexibility index (Phi) is 4.88. The maximum atomic E-state index is 12.3. The second-order valence-electron chi connectivity index (χ2n) is 5.34. The molecule has 1 aromatic rings. The van der Waals surface area contributed by atoms with Gasteiger partial charge in [-0.3, -0.25) is 0 Å². The molecule has 0 amide bonds. The van der Waals surface area contributed by atoms with Crippen LogP contribution in [0, 0.1) is 0 Å². The van der Waals surface area contributed by atoms with Gasteiger partial charge in [-0.25, -0.2) is 4.79 Å². The standard InChI is InChI=1S/C16H23NO3/c1-19-14-9-7-8-13(12-14)17-16(15(18)20-2)10-5-3-4-6-11-16/h7-9,12,17H,3-6,10-11H2,1-2H3. The second-order valence-corrected chi connectivity index (χ2v) is 5.34. The Balaban J connectivity index is 2.24. The van der Waals surface area contributed by atoms with Gasteiger partial charge in [-0.15, -0.1) is 0 Å². The van der Waals surface area contributed by atoms with Gasteiger partial charge in [-0.05, 0) is 25.0 Å². The van der Waals surface area contributed by atoms with E-state index in [1.54, 1.807) is 7.11 Å². The van der Waals surface area contributed by atoms with E-state index in [2.05, 4.69) is 5.32 Å². The van der Waals surface area contributed by atoms with Crippen molar-refractivity contribution < 1.29 is 14.3 Å². The summed E-state index contributed by atoms with van der Waals surface area (Å²) in [4.78, 5) is 12.3. The molecule has 1 aliphatic rings. The minimum Gasteiger partial charge on any atom is -0.497 e. The number of carbonyl (C=O) groups is 1. The Labute approximate surface area is 120 Å². The third kappa shape index (κ3) is 3.24. The number of methoxy groups -OCH3 is 2. The number of anilines is 1. The van der Waals surface area contributed by atoms with E-state index < -0.39 is 5.54 Å². The normalized spacial score (nSPS) is 17.9. The van der Waals surface area contributed by atoms with E-state index in [9.17, 15) is 4.79 Å². The maximum Gasteiger partial charge on any atom is 0.331 e. The summed E-state index contributed by atoms with van der Waals surface area (Å²) < 4.78 is 10.3. The monoisotopic (exact) mass is 277 g/mol. The third-order valence-electron chi connectivity index (χ3n) is 3.99. The lowest BCUT2D eigenvalue weighted by Crippen LogP contribution is -2.46.